The van der Waals surface area contributed by atoms with E-state index in [2.05, 4.69) is 33.8 Å². The van der Waals surface area contributed by atoms with E-state index >= 15 is 0 Å². The summed E-state index contributed by atoms with van der Waals surface area (Å²) in [6, 6.07) is 0. The van der Waals surface area contributed by atoms with E-state index in [1.807, 2.05) is 6.08 Å². The van der Waals surface area contributed by atoms with Crippen LogP contribution in [0.4, 0.5) is 0 Å². The minimum absolute atomic E-state index is 0.614. The lowest BCUT2D eigenvalue weighted by molar-refractivity contribution is 0.648. The van der Waals surface area contributed by atoms with Crippen LogP contribution in [0, 0.1) is 11.3 Å². The Labute approximate surface area is 82.8 Å². The molecule has 0 aliphatic rings. The van der Waals surface area contributed by atoms with Crippen LogP contribution in [0.2, 0.25) is 6.32 Å². The van der Waals surface area contributed by atoms with Gasteiger partial charge in [0.25, 0.3) is 0 Å². The minimum Gasteiger partial charge on any atom is -0.306 e. The molecular weight excluding hydrogens is 157 g/mol. The van der Waals surface area contributed by atoms with Crippen LogP contribution in [0.1, 0.15) is 27.2 Å². The summed E-state index contributed by atoms with van der Waals surface area (Å²) in [5.74, 6) is 0.738. The first-order chi connectivity index (χ1) is 6.10. The van der Waals surface area contributed by atoms with E-state index in [4.69, 9.17) is 5.41 Å². The van der Waals surface area contributed by atoms with Crippen LogP contribution in [0.25, 0.3) is 0 Å². The smallest absolute Gasteiger partial charge is 0.101 e. The summed E-state index contributed by atoms with van der Waals surface area (Å²) in [5.41, 5.74) is 1.95. The second-order valence-corrected chi connectivity index (χ2v) is 3.60. The molecule has 1 atom stereocenters. The summed E-state index contributed by atoms with van der Waals surface area (Å²) in [4.78, 5) is 0. The van der Waals surface area contributed by atoms with Crippen LogP contribution < -0.4 is 0 Å². The van der Waals surface area contributed by atoms with Gasteiger partial charge in [-0.15, -0.1) is 0 Å². The molecule has 72 valence electrons. The Morgan fingerprint density at radius 3 is 2.46 bits per heavy atom. The van der Waals surface area contributed by atoms with E-state index < -0.39 is 0 Å². The Kier molecular flexibility index (Phi) is 6.30. The zero-order chi connectivity index (χ0) is 10.3. The van der Waals surface area contributed by atoms with Crippen LogP contribution in [0.3, 0.4) is 0 Å². The van der Waals surface area contributed by atoms with Crippen molar-refractivity contribution in [1.82, 2.24) is 0 Å². The lowest BCUT2D eigenvalue weighted by Crippen LogP contribution is -1.94. The third-order valence-corrected chi connectivity index (χ3v) is 2.20. The highest BCUT2D eigenvalue weighted by molar-refractivity contribution is 6.08. The monoisotopic (exact) mass is 177 g/mol. The molecule has 0 bridgehead atoms. The molecule has 0 radical (unpaired) electrons. The Hall–Kier alpha value is -0.785. The molecule has 0 spiro atoms. The van der Waals surface area contributed by atoms with Gasteiger partial charge in [-0.1, -0.05) is 31.0 Å². The first-order valence-electron chi connectivity index (χ1n) is 4.98. The molecule has 0 amide bonds. The molecule has 0 aliphatic heterocycles. The number of hydrogen-bond donors (Lipinski definition) is 1. The van der Waals surface area contributed by atoms with Gasteiger partial charge >= 0.3 is 0 Å². The van der Waals surface area contributed by atoms with Crippen LogP contribution in [0.5, 0.6) is 0 Å². The fraction of sp³-hybridized carbons (Fsp3) is 0.545. The van der Waals surface area contributed by atoms with Gasteiger partial charge in [0.2, 0.25) is 0 Å². The number of hydrogen-bond acceptors (Lipinski definition) is 1. The van der Waals surface area contributed by atoms with Crippen molar-refractivity contribution in [3.63, 3.8) is 0 Å². The van der Waals surface area contributed by atoms with Gasteiger partial charge in [-0.25, -0.2) is 0 Å². The molecule has 0 aliphatic carbocycles. The summed E-state index contributed by atoms with van der Waals surface area (Å²) in [6.07, 6.45) is 8.38. The summed E-state index contributed by atoms with van der Waals surface area (Å²) in [6.45, 7) is 6.11. The minimum atomic E-state index is 0.614. The Morgan fingerprint density at radius 1 is 1.46 bits per heavy atom. The van der Waals surface area contributed by atoms with Crippen LogP contribution in [-0.4, -0.2) is 13.6 Å². The van der Waals surface area contributed by atoms with Gasteiger partial charge in [0.1, 0.15) is 7.85 Å². The first-order valence-corrected chi connectivity index (χ1v) is 4.98. The molecule has 0 saturated carbocycles. The predicted molar refractivity (Wildman–Crippen MR) is 63.4 cm³/mol. The molecule has 0 aromatic heterocycles. The maximum Gasteiger partial charge on any atom is 0.101 e. The molecule has 1 nitrogen and oxygen atoms in total. The van der Waals surface area contributed by atoms with Gasteiger partial charge < -0.3 is 5.41 Å². The third-order valence-electron chi connectivity index (χ3n) is 2.20. The highest BCUT2D eigenvalue weighted by Crippen LogP contribution is 2.14. The number of rotatable bonds is 5. The molecule has 0 rings (SSSR count). The fourth-order valence-corrected chi connectivity index (χ4v) is 1.06. The van der Waals surface area contributed by atoms with E-state index in [-0.39, 0.29) is 0 Å². The molecule has 13 heavy (non-hydrogen) atoms. The van der Waals surface area contributed by atoms with Crippen molar-refractivity contribution in [2.45, 2.75) is 33.5 Å². The van der Waals surface area contributed by atoms with Gasteiger partial charge in [-0.3, -0.25) is 0 Å². The molecule has 1 N–H and O–H groups in total. The number of nitrogens with one attached hydrogen (secondary N) is 1. The zero-order valence-corrected chi connectivity index (χ0v) is 9.22. The Morgan fingerprint density at radius 2 is 2.08 bits per heavy atom. The van der Waals surface area contributed by atoms with Crippen molar-refractivity contribution >= 4 is 13.6 Å². The molecule has 0 heterocycles. The van der Waals surface area contributed by atoms with Crippen LogP contribution in [-0.2, 0) is 0 Å². The van der Waals surface area contributed by atoms with Gasteiger partial charge in [0, 0.05) is 5.71 Å². The molecule has 2 heteroatoms. The second-order valence-electron chi connectivity index (χ2n) is 3.60. The van der Waals surface area contributed by atoms with E-state index in [0.29, 0.717) is 5.71 Å². The van der Waals surface area contributed by atoms with Gasteiger partial charge in [0.05, 0.1) is 0 Å². The average Bonchev–Trinajstić information content (AvgIpc) is 2.11. The van der Waals surface area contributed by atoms with Gasteiger partial charge in [-0.05, 0) is 32.3 Å². The molecule has 0 aromatic carbocycles. The SMILES string of the molecule is BCC(C)CC(/C=C\C(C)=N)=C/C. The number of allylic oxidation sites excluding steroid dienone is 4. The van der Waals surface area contributed by atoms with Crippen molar-refractivity contribution in [1.29, 1.82) is 5.41 Å². The van der Waals surface area contributed by atoms with Gasteiger partial charge in [0.15, 0.2) is 0 Å². The normalized spacial score (nSPS) is 14.8. The Balaban J connectivity index is 4.13. The van der Waals surface area contributed by atoms with E-state index in [1.54, 1.807) is 6.92 Å². The maximum atomic E-state index is 7.28. The molecule has 0 saturated heterocycles. The zero-order valence-electron chi connectivity index (χ0n) is 9.22. The summed E-state index contributed by atoms with van der Waals surface area (Å²) < 4.78 is 0. The van der Waals surface area contributed by atoms with Gasteiger partial charge in [-0.2, -0.15) is 0 Å². The quantitative estimate of drug-likeness (QED) is 0.379. The van der Waals surface area contributed by atoms with Crippen molar-refractivity contribution < 1.29 is 0 Å². The fourth-order valence-electron chi connectivity index (χ4n) is 1.06. The standard InChI is InChI=1S/C11H20BN/c1-4-11(6-5-10(3)13)7-9(2)8-12/h4-6,9,13H,7-8,12H2,1-3H3/b6-5-,11-4+,13-10?. The van der Waals surface area contributed by atoms with Crippen molar-refractivity contribution in [3.05, 3.63) is 23.8 Å². The van der Waals surface area contributed by atoms with E-state index in [1.165, 1.54) is 11.9 Å². The lowest BCUT2D eigenvalue weighted by Gasteiger charge is -2.08. The van der Waals surface area contributed by atoms with E-state index in [9.17, 15) is 0 Å². The summed E-state index contributed by atoms with van der Waals surface area (Å²) in [7, 11) is 2.21. The van der Waals surface area contributed by atoms with Crippen LogP contribution >= 0.6 is 0 Å². The van der Waals surface area contributed by atoms with Crippen molar-refractivity contribution in [3.8, 4) is 0 Å². The topological polar surface area (TPSA) is 23.9 Å². The summed E-state index contributed by atoms with van der Waals surface area (Å²) >= 11 is 0. The highest BCUT2D eigenvalue weighted by atomic mass is 14.4. The van der Waals surface area contributed by atoms with Crippen molar-refractivity contribution in [2.75, 3.05) is 0 Å². The summed E-state index contributed by atoms with van der Waals surface area (Å²) in [5, 5.41) is 7.28. The predicted octanol–water partition coefficient (Wildman–Crippen LogP) is 2.61. The van der Waals surface area contributed by atoms with Crippen molar-refractivity contribution in [2.24, 2.45) is 5.92 Å². The first kappa shape index (κ1) is 12.2. The van der Waals surface area contributed by atoms with Crippen LogP contribution in [0.15, 0.2) is 23.8 Å². The highest BCUT2D eigenvalue weighted by Gasteiger charge is 1.99. The molecule has 1 unspecified atom stereocenters. The maximum absolute atomic E-state index is 7.28. The second kappa shape index (κ2) is 6.70. The largest absolute Gasteiger partial charge is 0.306 e. The molecule has 0 aromatic rings. The Bertz CT molecular complexity index is 216. The molecular formula is C11H20BN. The lowest BCUT2D eigenvalue weighted by atomic mass is 9.87. The molecule has 0 fully saturated rings. The van der Waals surface area contributed by atoms with E-state index in [0.717, 1.165) is 12.3 Å². The average molecular weight is 177 g/mol. The third kappa shape index (κ3) is 6.38.